The smallest absolute Gasteiger partial charge is 0.163 e. The molecular weight excluding hydrogens is 243 g/mol. The lowest BCUT2D eigenvalue weighted by molar-refractivity contribution is 0.351. The van der Waals surface area contributed by atoms with E-state index in [4.69, 9.17) is 21.1 Å². The van der Waals surface area contributed by atoms with Crippen LogP contribution >= 0.6 is 11.6 Å². The Labute approximate surface area is 106 Å². The fourth-order valence-corrected chi connectivity index (χ4v) is 2.30. The quantitative estimate of drug-likeness (QED) is 0.745. The summed E-state index contributed by atoms with van der Waals surface area (Å²) in [7, 11) is 3.02. The van der Waals surface area contributed by atoms with Crippen LogP contribution in [0.5, 0.6) is 11.5 Å². The molecule has 0 saturated heterocycles. The van der Waals surface area contributed by atoms with Crippen molar-refractivity contribution in [2.24, 2.45) is 5.92 Å². The van der Waals surface area contributed by atoms with Crippen LogP contribution in [0.2, 0.25) is 0 Å². The highest BCUT2D eigenvalue weighted by molar-refractivity contribution is 6.20. The molecule has 1 aromatic rings. The van der Waals surface area contributed by atoms with Gasteiger partial charge in [-0.3, -0.25) is 0 Å². The van der Waals surface area contributed by atoms with Crippen LogP contribution in [0, 0.1) is 11.7 Å². The van der Waals surface area contributed by atoms with Gasteiger partial charge in [0.15, 0.2) is 11.5 Å². The van der Waals surface area contributed by atoms with E-state index in [-0.39, 0.29) is 11.2 Å². The Balaban J connectivity index is 2.25. The van der Waals surface area contributed by atoms with Crippen molar-refractivity contribution >= 4 is 11.6 Å². The van der Waals surface area contributed by atoms with Crippen molar-refractivity contribution in [1.29, 1.82) is 0 Å². The highest BCUT2D eigenvalue weighted by atomic mass is 35.5. The maximum atomic E-state index is 13.9. The van der Waals surface area contributed by atoms with Crippen molar-refractivity contribution in [1.82, 2.24) is 0 Å². The van der Waals surface area contributed by atoms with Crippen molar-refractivity contribution in [3.8, 4) is 11.5 Å². The summed E-state index contributed by atoms with van der Waals surface area (Å²) >= 11 is 6.23. The number of hydrogen-bond acceptors (Lipinski definition) is 2. The maximum absolute atomic E-state index is 13.9. The van der Waals surface area contributed by atoms with E-state index < -0.39 is 0 Å². The molecule has 0 N–H and O–H groups in total. The van der Waals surface area contributed by atoms with E-state index in [0.29, 0.717) is 23.0 Å². The van der Waals surface area contributed by atoms with Gasteiger partial charge in [0.05, 0.1) is 19.6 Å². The molecule has 17 heavy (non-hydrogen) atoms. The lowest BCUT2D eigenvalue weighted by atomic mass is 10.1. The fourth-order valence-electron chi connectivity index (χ4n) is 1.88. The van der Waals surface area contributed by atoms with Crippen molar-refractivity contribution in [3.63, 3.8) is 0 Å². The molecule has 1 aromatic carbocycles. The van der Waals surface area contributed by atoms with Crippen molar-refractivity contribution in [2.75, 3.05) is 14.2 Å². The third-order valence-electron chi connectivity index (χ3n) is 3.08. The normalized spacial score (nSPS) is 16.7. The van der Waals surface area contributed by atoms with Crippen LogP contribution in [0.3, 0.4) is 0 Å². The van der Waals surface area contributed by atoms with Gasteiger partial charge in [-0.1, -0.05) is 12.8 Å². The number of methoxy groups -OCH3 is 2. The van der Waals surface area contributed by atoms with Gasteiger partial charge in [0.1, 0.15) is 5.82 Å². The Morgan fingerprint density at radius 2 is 1.88 bits per heavy atom. The summed E-state index contributed by atoms with van der Waals surface area (Å²) < 4.78 is 24.0. The lowest BCUT2D eigenvalue weighted by Crippen LogP contribution is -1.99. The van der Waals surface area contributed by atoms with Crippen LogP contribution < -0.4 is 9.47 Å². The van der Waals surface area contributed by atoms with E-state index in [1.54, 1.807) is 6.07 Å². The first-order chi connectivity index (χ1) is 8.15. The summed E-state index contributed by atoms with van der Waals surface area (Å²) in [6, 6.07) is 2.96. The molecule has 0 aromatic heterocycles. The van der Waals surface area contributed by atoms with Crippen LogP contribution in [0.4, 0.5) is 4.39 Å². The van der Waals surface area contributed by atoms with Crippen LogP contribution in [0.25, 0.3) is 0 Å². The largest absolute Gasteiger partial charge is 0.493 e. The first kappa shape index (κ1) is 12.5. The fraction of sp³-hybridized carbons (Fsp3) is 0.538. The molecule has 1 atom stereocenters. The summed E-state index contributed by atoms with van der Waals surface area (Å²) in [5.41, 5.74) is 0.496. The van der Waals surface area contributed by atoms with Gasteiger partial charge < -0.3 is 9.47 Å². The van der Waals surface area contributed by atoms with Crippen molar-refractivity contribution in [2.45, 2.75) is 24.6 Å². The van der Waals surface area contributed by atoms with Gasteiger partial charge in [0.2, 0.25) is 0 Å². The minimum absolute atomic E-state index is 0.290. The second kappa shape index (κ2) is 5.13. The first-order valence-electron chi connectivity index (χ1n) is 5.71. The van der Waals surface area contributed by atoms with Gasteiger partial charge in [-0.25, -0.2) is 4.39 Å². The Hall–Kier alpha value is -0.960. The molecule has 0 spiro atoms. The molecule has 0 amide bonds. The van der Waals surface area contributed by atoms with Crippen molar-refractivity contribution < 1.29 is 13.9 Å². The Morgan fingerprint density at radius 3 is 2.41 bits per heavy atom. The monoisotopic (exact) mass is 258 g/mol. The average Bonchev–Trinajstić information content (AvgIpc) is 3.12. The lowest BCUT2D eigenvalue weighted by Gasteiger charge is -2.14. The van der Waals surface area contributed by atoms with E-state index in [9.17, 15) is 4.39 Å². The zero-order chi connectivity index (χ0) is 12.4. The molecule has 2 nitrogen and oxygen atoms in total. The molecule has 94 valence electrons. The van der Waals surface area contributed by atoms with Crippen LogP contribution in [-0.4, -0.2) is 14.2 Å². The van der Waals surface area contributed by atoms with Crippen LogP contribution in [-0.2, 0) is 0 Å². The number of alkyl halides is 1. The third kappa shape index (κ3) is 2.83. The second-order valence-corrected chi connectivity index (χ2v) is 4.90. The van der Waals surface area contributed by atoms with Crippen molar-refractivity contribution in [3.05, 3.63) is 23.5 Å². The molecule has 1 saturated carbocycles. The molecule has 0 heterocycles. The molecular formula is C13H16ClFO2. The first-order valence-corrected chi connectivity index (χ1v) is 6.14. The van der Waals surface area contributed by atoms with E-state index in [0.717, 1.165) is 6.42 Å². The predicted molar refractivity (Wildman–Crippen MR) is 65.4 cm³/mol. The summed E-state index contributed by atoms with van der Waals surface area (Å²) in [6.45, 7) is 0. The highest BCUT2D eigenvalue weighted by Gasteiger charge is 2.27. The van der Waals surface area contributed by atoms with Gasteiger partial charge in [0, 0.05) is 11.6 Å². The van der Waals surface area contributed by atoms with Gasteiger partial charge in [-0.15, -0.1) is 11.6 Å². The van der Waals surface area contributed by atoms with E-state index in [1.807, 2.05) is 0 Å². The van der Waals surface area contributed by atoms with E-state index in [2.05, 4.69) is 0 Å². The van der Waals surface area contributed by atoms with Gasteiger partial charge in [-0.05, 0) is 18.4 Å². The number of halogens is 2. The third-order valence-corrected chi connectivity index (χ3v) is 3.49. The zero-order valence-electron chi connectivity index (χ0n) is 10.0. The van der Waals surface area contributed by atoms with E-state index in [1.165, 1.54) is 33.1 Å². The number of rotatable bonds is 5. The Kier molecular flexibility index (Phi) is 3.77. The van der Waals surface area contributed by atoms with Crippen LogP contribution in [0.15, 0.2) is 12.1 Å². The number of benzene rings is 1. The average molecular weight is 259 g/mol. The second-order valence-electron chi connectivity index (χ2n) is 4.38. The Bertz CT molecular complexity index is 405. The molecule has 1 aliphatic carbocycles. The SMILES string of the molecule is COc1cc(F)c(C(Cl)CC2CC2)cc1OC. The standard InChI is InChI=1S/C13H16ClFO2/c1-16-12-6-9(10(14)5-8-3-4-8)11(15)7-13(12)17-2/h6-8,10H,3-5H2,1-2H3. The molecule has 1 unspecified atom stereocenters. The summed E-state index contributed by atoms with van der Waals surface area (Å²) in [6.07, 6.45) is 3.24. The van der Waals surface area contributed by atoms with Crippen LogP contribution in [0.1, 0.15) is 30.2 Å². The van der Waals surface area contributed by atoms with E-state index >= 15 is 0 Å². The highest BCUT2D eigenvalue weighted by Crippen LogP contribution is 2.42. The summed E-state index contributed by atoms with van der Waals surface area (Å²) in [4.78, 5) is 0. The molecule has 1 aliphatic rings. The van der Waals surface area contributed by atoms with Gasteiger partial charge in [-0.2, -0.15) is 0 Å². The molecule has 2 rings (SSSR count). The minimum atomic E-state index is -0.330. The molecule has 0 bridgehead atoms. The molecule has 4 heteroatoms. The predicted octanol–water partition coefficient (Wildman–Crippen LogP) is 3.92. The maximum Gasteiger partial charge on any atom is 0.163 e. The van der Waals surface area contributed by atoms with Gasteiger partial charge in [0.25, 0.3) is 0 Å². The number of ether oxygens (including phenoxy) is 2. The topological polar surface area (TPSA) is 18.5 Å². The molecule has 0 aliphatic heterocycles. The molecule has 0 radical (unpaired) electrons. The minimum Gasteiger partial charge on any atom is -0.493 e. The summed E-state index contributed by atoms with van der Waals surface area (Å²) in [5.74, 6) is 1.24. The zero-order valence-corrected chi connectivity index (χ0v) is 10.8. The molecule has 1 fully saturated rings. The summed E-state index contributed by atoms with van der Waals surface area (Å²) in [5, 5.41) is -0.290. The number of hydrogen-bond donors (Lipinski definition) is 0. The van der Waals surface area contributed by atoms with Gasteiger partial charge >= 0.3 is 0 Å². The Morgan fingerprint density at radius 1 is 1.29 bits per heavy atom.